The number of aliphatic hydroxyl groups is 1. The Morgan fingerprint density at radius 2 is 2.00 bits per heavy atom. The maximum atomic E-state index is 12.4. The van der Waals surface area contributed by atoms with Gasteiger partial charge in [0.1, 0.15) is 5.75 Å². The molecular weight excluding hydrogens is 290 g/mol. The normalized spacial score (nSPS) is 11.8. The van der Waals surface area contributed by atoms with Crippen molar-refractivity contribution < 1.29 is 14.6 Å². The summed E-state index contributed by atoms with van der Waals surface area (Å²) in [6, 6.07) is 13.6. The highest BCUT2D eigenvalue weighted by Gasteiger charge is 2.18. The molecule has 0 heterocycles. The van der Waals surface area contributed by atoms with Crippen LogP contribution < -0.4 is 10.1 Å². The molecule has 21 heavy (non-hydrogen) atoms. The number of halogens is 1. The Balaban J connectivity index is 2.22. The van der Waals surface area contributed by atoms with Crippen LogP contribution in [0.1, 0.15) is 22.0 Å². The lowest BCUT2D eigenvalue weighted by atomic mass is 10.1. The first kappa shape index (κ1) is 15.4. The number of hydrogen-bond acceptors (Lipinski definition) is 3. The van der Waals surface area contributed by atoms with Crippen LogP contribution in [-0.2, 0) is 0 Å². The van der Waals surface area contributed by atoms with Gasteiger partial charge in [-0.2, -0.15) is 0 Å². The summed E-state index contributed by atoms with van der Waals surface area (Å²) in [5, 5.41) is 12.7. The molecule has 2 rings (SSSR count). The molecule has 2 aromatic rings. The van der Waals surface area contributed by atoms with Crippen molar-refractivity contribution in [2.75, 3.05) is 13.7 Å². The van der Waals surface area contributed by atoms with Crippen molar-refractivity contribution in [3.63, 3.8) is 0 Å². The second-order valence-electron chi connectivity index (χ2n) is 4.46. The maximum absolute atomic E-state index is 12.4. The topological polar surface area (TPSA) is 58.6 Å². The van der Waals surface area contributed by atoms with Crippen LogP contribution in [0.15, 0.2) is 48.5 Å². The van der Waals surface area contributed by atoms with Crippen LogP contribution in [0.5, 0.6) is 5.75 Å². The zero-order valence-corrected chi connectivity index (χ0v) is 12.3. The van der Waals surface area contributed by atoms with Gasteiger partial charge in [-0.1, -0.05) is 41.9 Å². The second-order valence-corrected chi connectivity index (χ2v) is 4.90. The number of benzene rings is 2. The number of carbonyl (C=O) groups excluding carboxylic acids is 1. The van der Waals surface area contributed by atoms with Crippen LogP contribution in [0.2, 0.25) is 5.02 Å². The third-order valence-electron chi connectivity index (χ3n) is 3.10. The van der Waals surface area contributed by atoms with Crippen LogP contribution in [-0.4, -0.2) is 24.7 Å². The van der Waals surface area contributed by atoms with E-state index in [1.54, 1.807) is 12.1 Å². The fourth-order valence-corrected chi connectivity index (χ4v) is 2.19. The van der Waals surface area contributed by atoms with Gasteiger partial charge in [0.05, 0.1) is 25.3 Å². The molecule has 2 N–H and O–H groups in total. The van der Waals surface area contributed by atoms with E-state index in [9.17, 15) is 9.90 Å². The molecule has 0 saturated heterocycles. The van der Waals surface area contributed by atoms with Crippen LogP contribution in [0, 0.1) is 0 Å². The van der Waals surface area contributed by atoms with Gasteiger partial charge in [-0.15, -0.1) is 0 Å². The molecule has 4 nitrogen and oxygen atoms in total. The Morgan fingerprint density at radius 3 is 2.62 bits per heavy atom. The molecule has 1 atom stereocenters. The van der Waals surface area contributed by atoms with Crippen LogP contribution in [0.4, 0.5) is 0 Å². The minimum Gasteiger partial charge on any atom is -0.496 e. The van der Waals surface area contributed by atoms with Crippen LogP contribution >= 0.6 is 11.6 Å². The van der Waals surface area contributed by atoms with Crippen molar-refractivity contribution in [2.45, 2.75) is 6.04 Å². The lowest BCUT2D eigenvalue weighted by Gasteiger charge is -2.17. The van der Waals surface area contributed by atoms with E-state index < -0.39 is 6.04 Å². The van der Waals surface area contributed by atoms with E-state index in [1.807, 2.05) is 30.3 Å². The number of carbonyl (C=O) groups is 1. The molecule has 0 aliphatic heterocycles. The van der Waals surface area contributed by atoms with Gasteiger partial charge in [0, 0.05) is 5.02 Å². The number of ether oxygens (including phenoxy) is 1. The molecule has 0 aliphatic rings. The highest BCUT2D eigenvalue weighted by Crippen LogP contribution is 2.23. The molecule has 2 aromatic carbocycles. The Morgan fingerprint density at radius 1 is 1.29 bits per heavy atom. The van der Waals surface area contributed by atoms with Gasteiger partial charge in [0.25, 0.3) is 5.91 Å². The second kappa shape index (κ2) is 7.11. The summed E-state index contributed by atoms with van der Waals surface area (Å²) >= 11 is 5.92. The highest BCUT2D eigenvalue weighted by molar-refractivity contribution is 6.31. The molecule has 0 aliphatic carbocycles. The fourth-order valence-electron chi connectivity index (χ4n) is 2.01. The fraction of sp³-hybridized carbons (Fsp3) is 0.188. The van der Waals surface area contributed by atoms with Gasteiger partial charge in [-0.25, -0.2) is 0 Å². The van der Waals surface area contributed by atoms with Crippen molar-refractivity contribution in [3.8, 4) is 5.75 Å². The molecular formula is C16H16ClNO3. The Labute approximate surface area is 128 Å². The lowest BCUT2D eigenvalue weighted by molar-refractivity contribution is 0.0913. The molecule has 0 aromatic heterocycles. The third-order valence-corrected chi connectivity index (χ3v) is 3.33. The average molecular weight is 306 g/mol. The summed E-state index contributed by atoms with van der Waals surface area (Å²) in [6.45, 7) is -0.196. The first-order valence-corrected chi connectivity index (χ1v) is 6.83. The minimum absolute atomic E-state index is 0.196. The zero-order chi connectivity index (χ0) is 15.2. The first-order valence-electron chi connectivity index (χ1n) is 6.46. The van der Waals surface area contributed by atoms with Gasteiger partial charge in [0.15, 0.2) is 0 Å². The zero-order valence-electron chi connectivity index (χ0n) is 11.5. The third kappa shape index (κ3) is 3.74. The number of amides is 1. The van der Waals surface area contributed by atoms with E-state index in [2.05, 4.69) is 5.32 Å². The van der Waals surface area contributed by atoms with Gasteiger partial charge >= 0.3 is 0 Å². The summed E-state index contributed by atoms with van der Waals surface area (Å²) < 4.78 is 5.16. The molecule has 0 bridgehead atoms. The molecule has 0 saturated carbocycles. The van der Waals surface area contributed by atoms with Crippen molar-refractivity contribution >= 4 is 17.5 Å². The number of hydrogen-bond donors (Lipinski definition) is 2. The van der Waals surface area contributed by atoms with Gasteiger partial charge in [0.2, 0.25) is 0 Å². The molecule has 110 valence electrons. The maximum Gasteiger partial charge on any atom is 0.255 e. The monoisotopic (exact) mass is 305 g/mol. The molecule has 0 spiro atoms. The summed E-state index contributed by atoms with van der Waals surface area (Å²) in [7, 11) is 1.49. The summed E-state index contributed by atoms with van der Waals surface area (Å²) in [5.74, 6) is 0.0823. The van der Waals surface area contributed by atoms with Crippen LogP contribution in [0.25, 0.3) is 0 Å². The first-order chi connectivity index (χ1) is 10.2. The highest BCUT2D eigenvalue weighted by atomic mass is 35.5. The van der Waals surface area contributed by atoms with Crippen LogP contribution in [0.3, 0.4) is 0 Å². The number of nitrogens with one attached hydrogen (secondary N) is 1. The smallest absolute Gasteiger partial charge is 0.255 e. The predicted octanol–water partition coefficient (Wildman–Crippen LogP) is 2.81. The largest absolute Gasteiger partial charge is 0.496 e. The van der Waals surface area contributed by atoms with Crippen molar-refractivity contribution in [1.29, 1.82) is 0 Å². The molecule has 5 heteroatoms. The Hall–Kier alpha value is -2.04. The van der Waals surface area contributed by atoms with E-state index in [0.717, 1.165) is 5.56 Å². The van der Waals surface area contributed by atoms with Gasteiger partial charge < -0.3 is 15.2 Å². The molecule has 0 unspecified atom stereocenters. The number of rotatable bonds is 5. The molecule has 1 amide bonds. The predicted molar refractivity (Wildman–Crippen MR) is 81.7 cm³/mol. The lowest BCUT2D eigenvalue weighted by Crippen LogP contribution is -2.31. The Bertz CT molecular complexity index is 616. The standard InChI is InChI=1S/C16H16ClNO3/c1-21-15-8-7-12(17)9-13(15)16(20)18-14(10-19)11-5-3-2-4-6-11/h2-9,14,19H,10H2,1H3,(H,18,20)/t14-/m0/s1. The van der Waals surface area contributed by atoms with E-state index >= 15 is 0 Å². The number of aliphatic hydroxyl groups excluding tert-OH is 1. The van der Waals surface area contributed by atoms with E-state index in [-0.39, 0.29) is 12.5 Å². The van der Waals surface area contributed by atoms with Crippen molar-refractivity contribution in [2.24, 2.45) is 0 Å². The summed E-state index contributed by atoms with van der Waals surface area (Å²) in [6.07, 6.45) is 0. The van der Waals surface area contributed by atoms with Gasteiger partial charge in [-0.3, -0.25) is 4.79 Å². The molecule has 0 fully saturated rings. The summed E-state index contributed by atoms with van der Waals surface area (Å²) in [4.78, 5) is 12.4. The SMILES string of the molecule is COc1ccc(Cl)cc1C(=O)N[C@@H](CO)c1ccccc1. The van der Waals surface area contributed by atoms with Crippen molar-refractivity contribution in [1.82, 2.24) is 5.32 Å². The Kier molecular flexibility index (Phi) is 5.20. The molecule has 0 radical (unpaired) electrons. The minimum atomic E-state index is -0.484. The van der Waals surface area contributed by atoms with E-state index in [4.69, 9.17) is 16.3 Å². The van der Waals surface area contributed by atoms with Gasteiger partial charge in [-0.05, 0) is 23.8 Å². The van der Waals surface area contributed by atoms with E-state index in [1.165, 1.54) is 13.2 Å². The van der Waals surface area contributed by atoms with Crippen molar-refractivity contribution in [3.05, 3.63) is 64.7 Å². The average Bonchev–Trinajstić information content (AvgIpc) is 2.53. The van der Waals surface area contributed by atoms with E-state index in [0.29, 0.717) is 16.3 Å². The number of methoxy groups -OCH3 is 1. The summed E-state index contributed by atoms with van der Waals surface area (Å²) in [5.41, 5.74) is 1.16. The quantitative estimate of drug-likeness (QED) is 0.893.